The Bertz CT molecular complexity index is 571. The van der Waals surface area contributed by atoms with Crippen LogP contribution in [0, 0.1) is 23.2 Å². The molecule has 0 aromatic carbocycles. The van der Waals surface area contributed by atoms with Gasteiger partial charge in [-0.3, -0.25) is 9.59 Å². The van der Waals surface area contributed by atoms with Crippen molar-refractivity contribution in [2.45, 2.75) is 116 Å². The lowest BCUT2D eigenvalue weighted by molar-refractivity contribution is -0.138. The molecule has 4 rings (SSSR count). The fourth-order valence-corrected chi connectivity index (χ4v) is 7.15. The average molecular weight is 388 g/mol. The number of fused-ring (bicyclic) bond motifs is 2. The molecule has 1 saturated heterocycles. The van der Waals surface area contributed by atoms with Crippen LogP contribution < -0.4 is 0 Å². The summed E-state index contributed by atoms with van der Waals surface area (Å²) in [7, 11) is 0. The Morgan fingerprint density at radius 3 is 2.32 bits per heavy atom. The lowest BCUT2D eigenvalue weighted by Crippen LogP contribution is -2.49. The van der Waals surface area contributed by atoms with Gasteiger partial charge in [-0.2, -0.15) is 0 Å². The number of nitrogens with zero attached hydrogens (tertiary/aromatic N) is 1. The molecule has 1 heterocycles. The van der Waals surface area contributed by atoms with E-state index in [9.17, 15) is 9.59 Å². The third kappa shape index (κ3) is 4.33. The van der Waals surface area contributed by atoms with Crippen molar-refractivity contribution < 1.29 is 9.59 Å². The number of hydrogen-bond donors (Lipinski definition) is 0. The second kappa shape index (κ2) is 8.88. The second-order valence-electron chi connectivity index (χ2n) is 10.7. The maximum atomic E-state index is 13.1. The molecule has 4 unspecified atom stereocenters. The Morgan fingerprint density at radius 2 is 1.50 bits per heavy atom. The lowest BCUT2D eigenvalue weighted by atomic mass is 9.60. The van der Waals surface area contributed by atoms with Crippen LogP contribution in [0.4, 0.5) is 0 Å². The van der Waals surface area contributed by atoms with Crippen LogP contribution >= 0.6 is 0 Å². The van der Waals surface area contributed by atoms with Crippen molar-refractivity contribution in [1.29, 1.82) is 0 Å². The van der Waals surface area contributed by atoms with Gasteiger partial charge in [-0.1, -0.05) is 45.4 Å². The van der Waals surface area contributed by atoms with Crippen LogP contribution in [0.5, 0.6) is 0 Å². The molecule has 0 radical (unpaired) electrons. The Hall–Kier alpha value is -0.860. The number of carbonyl (C=O) groups excluding carboxylic acids is 2. The van der Waals surface area contributed by atoms with Crippen molar-refractivity contribution in [3.8, 4) is 0 Å². The summed E-state index contributed by atoms with van der Waals surface area (Å²) in [5, 5.41) is 0. The SMILES string of the molecule is C[C@]1(C(=O)CCCC(=O)N2CCCC3CCCCC32)CCC2CCCCC2C1. The van der Waals surface area contributed by atoms with Gasteiger partial charge in [-0.15, -0.1) is 0 Å². The summed E-state index contributed by atoms with van der Waals surface area (Å²) in [6.45, 7) is 3.17. The number of hydrogen-bond acceptors (Lipinski definition) is 2. The summed E-state index contributed by atoms with van der Waals surface area (Å²) >= 11 is 0. The quantitative estimate of drug-likeness (QED) is 0.588. The molecule has 1 aliphatic heterocycles. The molecule has 3 saturated carbocycles. The molecule has 3 nitrogen and oxygen atoms in total. The summed E-state index contributed by atoms with van der Waals surface area (Å²) in [5.41, 5.74) is -0.110. The fraction of sp³-hybridized carbons (Fsp3) is 0.920. The minimum absolute atomic E-state index is 0.110. The first kappa shape index (κ1) is 20.4. The third-order valence-corrected chi connectivity index (χ3v) is 8.88. The van der Waals surface area contributed by atoms with Gasteiger partial charge in [0, 0.05) is 30.8 Å². The maximum Gasteiger partial charge on any atom is 0.222 e. The zero-order chi connectivity index (χ0) is 19.6. The first-order valence-electron chi connectivity index (χ1n) is 12.4. The van der Waals surface area contributed by atoms with Gasteiger partial charge in [0.05, 0.1) is 0 Å². The van der Waals surface area contributed by atoms with E-state index in [-0.39, 0.29) is 5.41 Å². The van der Waals surface area contributed by atoms with Gasteiger partial charge in [0.25, 0.3) is 0 Å². The molecule has 0 spiro atoms. The standard InChI is InChI=1S/C25H41NO2/c1-25(16-15-19-8-2-3-10-21(19)18-25)23(27)13-6-14-24(28)26-17-7-11-20-9-4-5-12-22(20)26/h19-22H,2-18H2,1H3/t19?,20?,21?,22?,25-/m0/s1. The van der Waals surface area contributed by atoms with E-state index in [0.29, 0.717) is 30.6 Å². The Kier molecular flexibility index (Phi) is 6.47. The van der Waals surface area contributed by atoms with Gasteiger partial charge in [0.1, 0.15) is 5.78 Å². The van der Waals surface area contributed by atoms with Crippen molar-refractivity contribution in [2.75, 3.05) is 6.54 Å². The Balaban J connectivity index is 1.25. The molecule has 1 amide bonds. The molecule has 0 N–H and O–H groups in total. The summed E-state index contributed by atoms with van der Waals surface area (Å²) in [4.78, 5) is 28.1. The number of carbonyl (C=O) groups is 2. The highest BCUT2D eigenvalue weighted by atomic mass is 16.2. The Labute approximate surface area is 172 Å². The smallest absolute Gasteiger partial charge is 0.222 e. The Morgan fingerprint density at radius 1 is 0.821 bits per heavy atom. The van der Waals surface area contributed by atoms with Crippen molar-refractivity contribution in [2.24, 2.45) is 23.2 Å². The van der Waals surface area contributed by atoms with E-state index in [1.807, 2.05) is 0 Å². The molecule has 0 aromatic heterocycles. The zero-order valence-electron chi connectivity index (χ0n) is 18.1. The van der Waals surface area contributed by atoms with E-state index in [4.69, 9.17) is 0 Å². The maximum absolute atomic E-state index is 13.1. The van der Waals surface area contributed by atoms with Crippen molar-refractivity contribution in [3.63, 3.8) is 0 Å². The van der Waals surface area contributed by atoms with Crippen molar-refractivity contribution >= 4 is 11.7 Å². The fourth-order valence-electron chi connectivity index (χ4n) is 7.15. The molecule has 4 aliphatic rings. The van der Waals surface area contributed by atoms with Gasteiger partial charge in [0.2, 0.25) is 5.91 Å². The molecule has 158 valence electrons. The van der Waals surface area contributed by atoms with E-state index in [1.165, 1.54) is 70.6 Å². The first-order chi connectivity index (χ1) is 13.6. The highest BCUT2D eigenvalue weighted by Crippen LogP contribution is 2.49. The van der Waals surface area contributed by atoms with Crippen molar-refractivity contribution in [3.05, 3.63) is 0 Å². The molecule has 0 bridgehead atoms. The van der Waals surface area contributed by atoms with Crippen LogP contribution in [0.3, 0.4) is 0 Å². The molecule has 3 heteroatoms. The number of Topliss-reactive ketones (excluding diaryl/α,β-unsaturated/α-hetero) is 1. The highest BCUT2D eigenvalue weighted by Gasteiger charge is 2.42. The van der Waals surface area contributed by atoms with E-state index in [1.54, 1.807) is 0 Å². The molecule has 0 aromatic rings. The molecule has 28 heavy (non-hydrogen) atoms. The number of rotatable bonds is 5. The second-order valence-corrected chi connectivity index (χ2v) is 10.7. The van der Waals surface area contributed by atoms with Crippen molar-refractivity contribution in [1.82, 2.24) is 4.90 Å². The monoisotopic (exact) mass is 387 g/mol. The highest BCUT2D eigenvalue weighted by molar-refractivity contribution is 5.85. The third-order valence-electron chi connectivity index (χ3n) is 8.88. The van der Waals surface area contributed by atoms with Crippen LogP contribution in [-0.4, -0.2) is 29.2 Å². The summed E-state index contributed by atoms with van der Waals surface area (Å²) in [6.07, 6.45) is 18.5. The van der Waals surface area contributed by atoms with Crippen LogP contribution in [0.25, 0.3) is 0 Å². The normalized spacial score (nSPS) is 38.4. The first-order valence-corrected chi connectivity index (χ1v) is 12.4. The lowest BCUT2D eigenvalue weighted by Gasteiger charge is -2.44. The summed E-state index contributed by atoms with van der Waals surface area (Å²) in [5.74, 6) is 3.19. The van der Waals surface area contributed by atoms with Gasteiger partial charge in [0.15, 0.2) is 0 Å². The molecular formula is C25H41NO2. The number of piperidine rings is 1. The van der Waals surface area contributed by atoms with Crippen LogP contribution in [0.1, 0.15) is 110 Å². The molecule has 5 atom stereocenters. The summed E-state index contributed by atoms with van der Waals surface area (Å²) < 4.78 is 0. The largest absolute Gasteiger partial charge is 0.339 e. The van der Waals surface area contributed by atoms with Gasteiger partial charge in [-0.25, -0.2) is 0 Å². The van der Waals surface area contributed by atoms with Gasteiger partial charge < -0.3 is 4.90 Å². The van der Waals surface area contributed by atoms with E-state index < -0.39 is 0 Å². The molecular weight excluding hydrogens is 346 g/mol. The van der Waals surface area contributed by atoms with Gasteiger partial charge in [-0.05, 0) is 69.1 Å². The predicted molar refractivity (Wildman–Crippen MR) is 113 cm³/mol. The number of likely N-dealkylation sites (tertiary alicyclic amines) is 1. The zero-order valence-corrected chi connectivity index (χ0v) is 18.1. The number of ketones is 1. The number of amides is 1. The topological polar surface area (TPSA) is 37.4 Å². The minimum atomic E-state index is -0.110. The van der Waals surface area contributed by atoms with E-state index in [2.05, 4.69) is 11.8 Å². The minimum Gasteiger partial charge on any atom is -0.339 e. The molecule has 3 aliphatic carbocycles. The van der Waals surface area contributed by atoms with E-state index >= 15 is 0 Å². The predicted octanol–water partition coefficient (Wildman–Crippen LogP) is 5.90. The van der Waals surface area contributed by atoms with Crippen LogP contribution in [0.2, 0.25) is 0 Å². The van der Waals surface area contributed by atoms with Crippen LogP contribution in [-0.2, 0) is 9.59 Å². The van der Waals surface area contributed by atoms with Crippen LogP contribution in [0.15, 0.2) is 0 Å². The average Bonchev–Trinajstić information content (AvgIpc) is 2.73. The van der Waals surface area contributed by atoms with Gasteiger partial charge >= 0.3 is 0 Å². The van der Waals surface area contributed by atoms with E-state index in [0.717, 1.165) is 43.6 Å². The molecule has 4 fully saturated rings. The summed E-state index contributed by atoms with van der Waals surface area (Å²) in [6, 6.07) is 0.504.